The summed E-state index contributed by atoms with van der Waals surface area (Å²) in [7, 11) is 0. The molecule has 1 aromatic carbocycles. The van der Waals surface area contributed by atoms with E-state index in [-0.39, 0.29) is 0 Å². The van der Waals surface area contributed by atoms with Crippen molar-refractivity contribution in [1.82, 2.24) is 0 Å². The van der Waals surface area contributed by atoms with Gasteiger partial charge in [-0.1, -0.05) is 31.2 Å². The minimum absolute atomic E-state index is 0.761. The van der Waals surface area contributed by atoms with Gasteiger partial charge in [-0.05, 0) is 18.6 Å². The average Bonchev–Trinajstić information content (AvgIpc) is 2.68. The first kappa shape index (κ1) is 9.97. The fourth-order valence-corrected chi connectivity index (χ4v) is 1.62. The van der Waals surface area contributed by atoms with Gasteiger partial charge in [0, 0.05) is 12.0 Å². The molecule has 1 aliphatic heterocycles. The van der Waals surface area contributed by atoms with Crippen molar-refractivity contribution in [3.63, 3.8) is 0 Å². The van der Waals surface area contributed by atoms with Gasteiger partial charge in [-0.3, -0.25) is 0 Å². The SMILES string of the molecule is CC/C=C1\CCOC1=Nc1ccccc1. The standard InChI is InChI=1S/C13H15NO/c1-2-6-11-9-10-15-13(11)14-12-7-4-3-5-8-12/h3-8H,2,9-10H2,1H3/b11-6+,14-13?. The average molecular weight is 201 g/mol. The molecule has 78 valence electrons. The van der Waals surface area contributed by atoms with Crippen LogP contribution in [-0.4, -0.2) is 12.5 Å². The molecule has 1 saturated heterocycles. The van der Waals surface area contributed by atoms with E-state index in [1.54, 1.807) is 0 Å². The molecule has 0 aliphatic carbocycles. The van der Waals surface area contributed by atoms with E-state index in [9.17, 15) is 0 Å². The highest BCUT2D eigenvalue weighted by atomic mass is 16.5. The monoisotopic (exact) mass is 201 g/mol. The van der Waals surface area contributed by atoms with Crippen LogP contribution in [0.25, 0.3) is 0 Å². The second kappa shape index (κ2) is 4.78. The van der Waals surface area contributed by atoms with Crippen LogP contribution in [0.15, 0.2) is 47.0 Å². The molecule has 2 heteroatoms. The lowest BCUT2D eigenvalue weighted by Gasteiger charge is -1.99. The van der Waals surface area contributed by atoms with Crippen LogP contribution in [-0.2, 0) is 4.74 Å². The molecule has 2 nitrogen and oxygen atoms in total. The van der Waals surface area contributed by atoms with Gasteiger partial charge in [0.05, 0.1) is 12.3 Å². The number of ether oxygens (including phenoxy) is 1. The molecule has 15 heavy (non-hydrogen) atoms. The van der Waals surface area contributed by atoms with Crippen LogP contribution < -0.4 is 0 Å². The molecule has 0 bridgehead atoms. The number of hydrogen-bond acceptors (Lipinski definition) is 2. The number of benzene rings is 1. The third-order valence-electron chi connectivity index (χ3n) is 2.32. The van der Waals surface area contributed by atoms with Crippen LogP contribution in [0.1, 0.15) is 19.8 Å². The van der Waals surface area contributed by atoms with Gasteiger partial charge in [0.1, 0.15) is 0 Å². The van der Waals surface area contributed by atoms with Crippen LogP contribution in [0, 0.1) is 0 Å². The summed E-state index contributed by atoms with van der Waals surface area (Å²) >= 11 is 0. The maximum Gasteiger partial charge on any atom is 0.216 e. The molecule has 2 rings (SSSR count). The highest BCUT2D eigenvalue weighted by molar-refractivity contribution is 5.96. The minimum Gasteiger partial charge on any atom is -0.477 e. The van der Waals surface area contributed by atoms with Crippen molar-refractivity contribution in [2.75, 3.05) is 6.61 Å². The van der Waals surface area contributed by atoms with E-state index in [0.29, 0.717) is 0 Å². The first-order valence-electron chi connectivity index (χ1n) is 5.36. The fraction of sp³-hybridized carbons (Fsp3) is 0.308. The number of hydrogen-bond donors (Lipinski definition) is 0. The van der Waals surface area contributed by atoms with Crippen molar-refractivity contribution in [2.45, 2.75) is 19.8 Å². The molecule has 0 radical (unpaired) electrons. The van der Waals surface area contributed by atoms with Crippen LogP contribution in [0.5, 0.6) is 0 Å². The smallest absolute Gasteiger partial charge is 0.216 e. The van der Waals surface area contributed by atoms with E-state index in [4.69, 9.17) is 4.74 Å². The van der Waals surface area contributed by atoms with Crippen LogP contribution in [0.2, 0.25) is 0 Å². The maximum absolute atomic E-state index is 5.50. The lowest BCUT2D eigenvalue weighted by molar-refractivity contribution is 0.344. The van der Waals surface area contributed by atoms with Crippen LogP contribution >= 0.6 is 0 Å². The summed E-state index contributed by atoms with van der Waals surface area (Å²) in [5.41, 5.74) is 2.19. The highest BCUT2D eigenvalue weighted by Crippen LogP contribution is 2.20. The molecule has 0 spiro atoms. The molecular formula is C13H15NO. The molecule has 1 aliphatic rings. The summed E-state index contributed by atoms with van der Waals surface area (Å²) < 4.78 is 5.50. The van der Waals surface area contributed by atoms with Crippen molar-refractivity contribution in [3.8, 4) is 0 Å². The molecule has 1 heterocycles. The summed E-state index contributed by atoms with van der Waals surface area (Å²) in [6, 6.07) is 9.92. The Labute approximate surface area is 90.3 Å². The second-order valence-corrected chi connectivity index (χ2v) is 3.49. The first-order chi connectivity index (χ1) is 7.40. The zero-order chi connectivity index (χ0) is 10.5. The van der Waals surface area contributed by atoms with Gasteiger partial charge in [-0.2, -0.15) is 0 Å². The Morgan fingerprint density at radius 3 is 2.87 bits per heavy atom. The number of allylic oxidation sites excluding steroid dienone is 1. The molecule has 1 fully saturated rings. The van der Waals surface area contributed by atoms with E-state index in [0.717, 1.165) is 31.0 Å². The Hall–Kier alpha value is -1.57. The molecular weight excluding hydrogens is 186 g/mol. The van der Waals surface area contributed by atoms with Crippen LogP contribution in [0.3, 0.4) is 0 Å². The summed E-state index contributed by atoms with van der Waals surface area (Å²) in [6.07, 6.45) is 4.21. The maximum atomic E-state index is 5.50. The molecule has 0 saturated carbocycles. The van der Waals surface area contributed by atoms with Gasteiger partial charge in [0.2, 0.25) is 5.90 Å². The Bertz CT molecular complexity index is 379. The Balaban J connectivity index is 2.23. The van der Waals surface area contributed by atoms with Gasteiger partial charge >= 0.3 is 0 Å². The second-order valence-electron chi connectivity index (χ2n) is 3.49. The predicted molar refractivity (Wildman–Crippen MR) is 62.5 cm³/mol. The molecule has 0 unspecified atom stereocenters. The highest BCUT2D eigenvalue weighted by Gasteiger charge is 2.15. The molecule has 1 aromatic rings. The minimum atomic E-state index is 0.761. The quantitative estimate of drug-likeness (QED) is 0.718. The van der Waals surface area contributed by atoms with E-state index < -0.39 is 0 Å². The summed E-state index contributed by atoms with van der Waals surface area (Å²) in [4.78, 5) is 4.48. The zero-order valence-corrected chi connectivity index (χ0v) is 8.94. The zero-order valence-electron chi connectivity index (χ0n) is 8.94. The number of para-hydroxylation sites is 1. The summed E-state index contributed by atoms with van der Waals surface area (Å²) in [6.45, 7) is 2.89. The van der Waals surface area contributed by atoms with Gasteiger partial charge in [0.25, 0.3) is 0 Å². The van der Waals surface area contributed by atoms with E-state index in [1.807, 2.05) is 30.3 Å². The normalized spacial score (nSPS) is 20.9. The van der Waals surface area contributed by atoms with Crippen molar-refractivity contribution < 1.29 is 4.74 Å². The Kier molecular flexibility index (Phi) is 3.18. The lowest BCUT2D eigenvalue weighted by atomic mass is 10.2. The largest absolute Gasteiger partial charge is 0.477 e. The van der Waals surface area contributed by atoms with Gasteiger partial charge < -0.3 is 4.74 Å². The fourth-order valence-electron chi connectivity index (χ4n) is 1.62. The molecule has 0 N–H and O–H groups in total. The molecule has 0 aromatic heterocycles. The van der Waals surface area contributed by atoms with Crippen molar-refractivity contribution in [1.29, 1.82) is 0 Å². The van der Waals surface area contributed by atoms with Crippen molar-refractivity contribution in [3.05, 3.63) is 42.0 Å². The number of rotatable bonds is 2. The van der Waals surface area contributed by atoms with Crippen LogP contribution in [0.4, 0.5) is 5.69 Å². The first-order valence-corrected chi connectivity index (χ1v) is 5.36. The van der Waals surface area contributed by atoms with Gasteiger partial charge in [-0.25, -0.2) is 4.99 Å². The Morgan fingerprint density at radius 2 is 2.13 bits per heavy atom. The number of aliphatic imine (C=N–C) groups is 1. The van der Waals surface area contributed by atoms with E-state index >= 15 is 0 Å². The third kappa shape index (κ3) is 2.46. The number of nitrogens with zero attached hydrogens (tertiary/aromatic N) is 1. The molecule has 0 amide bonds. The van der Waals surface area contributed by atoms with Crippen molar-refractivity contribution >= 4 is 11.6 Å². The lowest BCUT2D eigenvalue weighted by Crippen LogP contribution is -1.95. The summed E-state index contributed by atoms with van der Waals surface area (Å²) in [5, 5.41) is 0. The van der Waals surface area contributed by atoms with E-state index in [2.05, 4.69) is 18.0 Å². The topological polar surface area (TPSA) is 21.6 Å². The van der Waals surface area contributed by atoms with Gasteiger partial charge in [0.15, 0.2) is 0 Å². The van der Waals surface area contributed by atoms with E-state index in [1.165, 1.54) is 5.57 Å². The Morgan fingerprint density at radius 1 is 1.33 bits per heavy atom. The predicted octanol–water partition coefficient (Wildman–Crippen LogP) is 3.47. The van der Waals surface area contributed by atoms with Gasteiger partial charge in [-0.15, -0.1) is 0 Å². The summed E-state index contributed by atoms with van der Waals surface area (Å²) in [5.74, 6) is 0.794. The third-order valence-corrected chi connectivity index (χ3v) is 2.32. The molecule has 0 atom stereocenters. The van der Waals surface area contributed by atoms with Crippen molar-refractivity contribution in [2.24, 2.45) is 4.99 Å².